The number of hydrogen-bond donors (Lipinski definition) is 1. The van der Waals surface area contributed by atoms with Crippen LogP contribution in [0.2, 0.25) is 0 Å². The van der Waals surface area contributed by atoms with E-state index in [9.17, 15) is 4.79 Å². The van der Waals surface area contributed by atoms with E-state index in [1.807, 2.05) is 36.4 Å². The lowest BCUT2D eigenvalue weighted by atomic mass is 9.87. The molecule has 3 rings (SSSR count). The predicted octanol–water partition coefficient (Wildman–Crippen LogP) is 8.37. The average Bonchev–Trinajstić information content (AvgIpc) is 3.00. The lowest BCUT2D eigenvalue weighted by molar-refractivity contribution is 0.0948. The minimum atomic E-state index is 0.0148. The molecule has 0 radical (unpaired) electrons. The van der Waals surface area contributed by atoms with E-state index in [0.29, 0.717) is 18.0 Å². The van der Waals surface area contributed by atoms with Crippen molar-refractivity contribution in [3.63, 3.8) is 0 Å². The summed E-state index contributed by atoms with van der Waals surface area (Å²) in [5.41, 5.74) is 6.31. The maximum Gasteiger partial charge on any atom is 0.251 e. The van der Waals surface area contributed by atoms with Crippen LogP contribution < -0.4 is 5.32 Å². The van der Waals surface area contributed by atoms with E-state index in [-0.39, 0.29) is 5.91 Å². The van der Waals surface area contributed by atoms with Crippen LogP contribution in [-0.2, 0) is 6.42 Å². The van der Waals surface area contributed by atoms with Gasteiger partial charge < -0.3 is 10.2 Å². The SMILES string of the molecule is CCCCC(Cc1ccc(-c2ccc(C#N)cc2)cc1)c1ccc(C(=O)NCCN(CCCC)CCCC)cc1. The number of nitrogens with one attached hydrogen (secondary N) is 1. The first-order valence-electron chi connectivity index (χ1n) is 15.3. The van der Waals surface area contributed by atoms with Gasteiger partial charge in [-0.05, 0) is 91.2 Å². The summed E-state index contributed by atoms with van der Waals surface area (Å²) in [6, 6.07) is 27.0. The first-order chi connectivity index (χ1) is 19.6. The van der Waals surface area contributed by atoms with Gasteiger partial charge in [0, 0.05) is 18.7 Å². The minimum absolute atomic E-state index is 0.0148. The van der Waals surface area contributed by atoms with E-state index in [1.54, 1.807) is 0 Å². The third-order valence-corrected chi connectivity index (χ3v) is 7.70. The first-order valence-corrected chi connectivity index (χ1v) is 15.3. The van der Waals surface area contributed by atoms with Crippen LogP contribution in [0.25, 0.3) is 11.1 Å². The summed E-state index contributed by atoms with van der Waals surface area (Å²) in [4.78, 5) is 15.3. The summed E-state index contributed by atoms with van der Waals surface area (Å²) >= 11 is 0. The molecule has 40 heavy (non-hydrogen) atoms. The number of carbonyl (C=O) groups is 1. The van der Waals surface area contributed by atoms with Gasteiger partial charge in [0.15, 0.2) is 0 Å². The Bertz CT molecular complexity index is 1170. The molecule has 0 saturated heterocycles. The Balaban J connectivity index is 1.59. The van der Waals surface area contributed by atoms with Gasteiger partial charge in [-0.1, -0.05) is 95.0 Å². The molecule has 0 aliphatic carbocycles. The Morgan fingerprint density at radius 2 is 1.35 bits per heavy atom. The summed E-state index contributed by atoms with van der Waals surface area (Å²) in [7, 11) is 0. The molecule has 0 aliphatic heterocycles. The van der Waals surface area contributed by atoms with Gasteiger partial charge >= 0.3 is 0 Å². The van der Waals surface area contributed by atoms with E-state index in [4.69, 9.17) is 5.26 Å². The zero-order valence-corrected chi connectivity index (χ0v) is 24.8. The molecular formula is C36H47N3O. The number of unbranched alkanes of at least 4 members (excludes halogenated alkanes) is 3. The van der Waals surface area contributed by atoms with Gasteiger partial charge in [-0.25, -0.2) is 0 Å². The molecule has 0 aliphatic rings. The van der Waals surface area contributed by atoms with E-state index in [0.717, 1.165) is 49.2 Å². The highest BCUT2D eigenvalue weighted by atomic mass is 16.1. The third kappa shape index (κ3) is 9.96. The quantitative estimate of drug-likeness (QED) is 0.188. The van der Waals surface area contributed by atoms with Crippen LogP contribution in [-0.4, -0.2) is 37.0 Å². The Kier molecular flexibility index (Phi) is 13.5. The van der Waals surface area contributed by atoms with Crippen LogP contribution in [0.4, 0.5) is 0 Å². The van der Waals surface area contributed by atoms with Gasteiger partial charge in [-0.15, -0.1) is 0 Å². The molecule has 1 amide bonds. The number of nitriles is 1. The molecule has 0 spiro atoms. The normalized spacial score (nSPS) is 11.8. The fourth-order valence-corrected chi connectivity index (χ4v) is 5.13. The van der Waals surface area contributed by atoms with Crippen molar-refractivity contribution in [1.29, 1.82) is 5.26 Å². The van der Waals surface area contributed by atoms with Crippen LogP contribution in [0.1, 0.15) is 98.7 Å². The van der Waals surface area contributed by atoms with Crippen LogP contribution in [0.3, 0.4) is 0 Å². The highest BCUT2D eigenvalue weighted by molar-refractivity contribution is 5.94. The molecule has 1 atom stereocenters. The van der Waals surface area contributed by atoms with E-state index in [1.165, 1.54) is 49.7 Å². The molecule has 3 aromatic carbocycles. The Hall–Kier alpha value is -3.42. The fraction of sp³-hybridized carbons (Fsp3) is 0.444. The number of hydrogen-bond acceptors (Lipinski definition) is 3. The molecule has 4 heteroatoms. The van der Waals surface area contributed by atoms with Crippen molar-refractivity contribution in [3.8, 4) is 17.2 Å². The maximum atomic E-state index is 12.8. The topological polar surface area (TPSA) is 56.1 Å². The van der Waals surface area contributed by atoms with Crippen molar-refractivity contribution in [2.75, 3.05) is 26.2 Å². The molecule has 3 aromatic rings. The second-order valence-electron chi connectivity index (χ2n) is 10.9. The standard InChI is InChI=1S/C36H47N3O/c1-4-7-10-35(27-29-11-15-31(16-12-29)32-17-13-30(28-37)14-18-32)33-19-21-34(22-20-33)36(40)38-23-26-39(24-8-5-2)25-9-6-3/h11-22,35H,4-10,23-27H2,1-3H3,(H,38,40). The van der Waals surface area contributed by atoms with E-state index >= 15 is 0 Å². The summed E-state index contributed by atoms with van der Waals surface area (Å²) in [5.74, 6) is 0.435. The molecule has 0 bridgehead atoms. The number of benzene rings is 3. The predicted molar refractivity (Wildman–Crippen MR) is 168 cm³/mol. The van der Waals surface area contributed by atoms with Crippen molar-refractivity contribution in [2.24, 2.45) is 0 Å². The molecule has 0 saturated carbocycles. The fourth-order valence-electron chi connectivity index (χ4n) is 5.13. The van der Waals surface area contributed by atoms with Gasteiger partial charge in [0.25, 0.3) is 5.91 Å². The molecule has 212 valence electrons. The number of nitrogens with zero attached hydrogens (tertiary/aromatic N) is 2. The summed E-state index contributed by atoms with van der Waals surface area (Å²) < 4.78 is 0. The van der Waals surface area contributed by atoms with Crippen molar-refractivity contribution in [2.45, 2.75) is 78.1 Å². The largest absolute Gasteiger partial charge is 0.351 e. The zero-order valence-electron chi connectivity index (χ0n) is 24.8. The van der Waals surface area contributed by atoms with Crippen LogP contribution >= 0.6 is 0 Å². The van der Waals surface area contributed by atoms with Crippen molar-refractivity contribution in [1.82, 2.24) is 10.2 Å². The molecule has 1 N–H and O–H groups in total. The van der Waals surface area contributed by atoms with Gasteiger partial charge in [0.2, 0.25) is 0 Å². The second kappa shape index (κ2) is 17.3. The molecule has 0 aromatic heterocycles. The highest BCUT2D eigenvalue weighted by Gasteiger charge is 2.14. The number of amides is 1. The Morgan fingerprint density at radius 3 is 1.90 bits per heavy atom. The maximum absolute atomic E-state index is 12.8. The molecule has 1 unspecified atom stereocenters. The molecule has 4 nitrogen and oxygen atoms in total. The Labute approximate surface area is 242 Å². The third-order valence-electron chi connectivity index (χ3n) is 7.70. The Morgan fingerprint density at radius 1 is 0.775 bits per heavy atom. The summed E-state index contributed by atoms with van der Waals surface area (Å²) in [5, 5.41) is 12.2. The molecule has 0 fully saturated rings. The van der Waals surface area contributed by atoms with Crippen LogP contribution in [0.5, 0.6) is 0 Å². The van der Waals surface area contributed by atoms with Gasteiger partial charge in [-0.2, -0.15) is 5.26 Å². The smallest absolute Gasteiger partial charge is 0.251 e. The number of rotatable bonds is 17. The summed E-state index contributed by atoms with van der Waals surface area (Å²) in [6.45, 7) is 10.5. The lowest BCUT2D eigenvalue weighted by Gasteiger charge is -2.22. The molecule has 0 heterocycles. The van der Waals surface area contributed by atoms with Gasteiger partial charge in [0.05, 0.1) is 11.6 Å². The monoisotopic (exact) mass is 537 g/mol. The van der Waals surface area contributed by atoms with E-state index < -0.39 is 0 Å². The van der Waals surface area contributed by atoms with E-state index in [2.05, 4.69) is 73.5 Å². The second-order valence-corrected chi connectivity index (χ2v) is 10.9. The molecular weight excluding hydrogens is 490 g/mol. The summed E-state index contributed by atoms with van der Waals surface area (Å²) in [6.07, 6.45) is 9.27. The first kappa shape index (κ1) is 31.1. The van der Waals surface area contributed by atoms with Crippen LogP contribution in [0.15, 0.2) is 72.8 Å². The van der Waals surface area contributed by atoms with Crippen molar-refractivity contribution >= 4 is 5.91 Å². The number of carbonyl (C=O) groups excluding carboxylic acids is 1. The minimum Gasteiger partial charge on any atom is -0.351 e. The van der Waals surface area contributed by atoms with Crippen LogP contribution in [0, 0.1) is 11.3 Å². The zero-order chi connectivity index (χ0) is 28.6. The van der Waals surface area contributed by atoms with Gasteiger partial charge in [0.1, 0.15) is 0 Å². The van der Waals surface area contributed by atoms with Crippen molar-refractivity contribution < 1.29 is 4.79 Å². The highest BCUT2D eigenvalue weighted by Crippen LogP contribution is 2.28. The lowest BCUT2D eigenvalue weighted by Crippen LogP contribution is -2.36. The van der Waals surface area contributed by atoms with Crippen molar-refractivity contribution in [3.05, 3.63) is 95.1 Å². The van der Waals surface area contributed by atoms with Gasteiger partial charge in [-0.3, -0.25) is 4.79 Å². The average molecular weight is 538 g/mol.